The van der Waals surface area contributed by atoms with Gasteiger partial charge in [0.15, 0.2) is 5.78 Å². The third kappa shape index (κ3) is 3.40. The Kier molecular flexibility index (Phi) is 3.63. The number of nitrogens with zero attached hydrogens (tertiary/aromatic N) is 1. The molecule has 0 spiro atoms. The van der Waals surface area contributed by atoms with E-state index in [1.165, 1.54) is 12.8 Å². The summed E-state index contributed by atoms with van der Waals surface area (Å²) >= 11 is 0. The van der Waals surface area contributed by atoms with Gasteiger partial charge >= 0.3 is 0 Å². The van der Waals surface area contributed by atoms with E-state index in [-0.39, 0.29) is 5.78 Å². The van der Waals surface area contributed by atoms with Gasteiger partial charge in [0.1, 0.15) is 0 Å². The fraction of sp³-hybridized carbons (Fsp3) is 0.533. The van der Waals surface area contributed by atoms with E-state index in [0.29, 0.717) is 12.0 Å². The summed E-state index contributed by atoms with van der Waals surface area (Å²) in [6.45, 7) is 7.28. The van der Waals surface area contributed by atoms with Crippen LogP contribution in [0.15, 0.2) is 30.3 Å². The highest BCUT2D eigenvalue weighted by Gasteiger charge is 2.26. The van der Waals surface area contributed by atoms with Crippen molar-refractivity contribution in [3.8, 4) is 0 Å². The van der Waals surface area contributed by atoms with E-state index in [9.17, 15) is 4.79 Å². The first-order chi connectivity index (χ1) is 8.07. The third-order valence-electron chi connectivity index (χ3n) is 3.67. The monoisotopic (exact) mass is 231 g/mol. The number of rotatable bonds is 3. The molecule has 17 heavy (non-hydrogen) atoms. The number of likely N-dealkylation sites (tertiary alicyclic amines) is 1. The van der Waals surface area contributed by atoms with Crippen LogP contribution in [-0.4, -0.2) is 30.3 Å². The highest BCUT2D eigenvalue weighted by Crippen LogP contribution is 2.29. The van der Waals surface area contributed by atoms with Crippen molar-refractivity contribution in [2.45, 2.75) is 26.7 Å². The summed E-state index contributed by atoms with van der Waals surface area (Å²) in [7, 11) is 0. The molecule has 0 unspecified atom stereocenters. The summed E-state index contributed by atoms with van der Waals surface area (Å²) in [5, 5.41) is 0. The van der Waals surface area contributed by atoms with Gasteiger partial charge < -0.3 is 0 Å². The predicted molar refractivity (Wildman–Crippen MR) is 70.2 cm³/mol. The van der Waals surface area contributed by atoms with E-state index in [4.69, 9.17) is 0 Å². The lowest BCUT2D eigenvalue weighted by Gasteiger charge is -2.36. The van der Waals surface area contributed by atoms with Crippen LogP contribution in [0.1, 0.15) is 37.0 Å². The van der Waals surface area contributed by atoms with Crippen LogP contribution in [0.3, 0.4) is 0 Å². The fourth-order valence-electron chi connectivity index (χ4n) is 2.23. The minimum absolute atomic E-state index is 0.241. The summed E-state index contributed by atoms with van der Waals surface area (Å²) in [4.78, 5) is 14.3. The first kappa shape index (κ1) is 12.3. The Hall–Kier alpha value is -1.15. The summed E-state index contributed by atoms with van der Waals surface area (Å²) in [5.74, 6) is 0.241. The number of hydrogen-bond donors (Lipinski definition) is 0. The van der Waals surface area contributed by atoms with Crippen molar-refractivity contribution >= 4 is 5.78 Å². The quantitative estimate of drug-likeness (QED) is 0.745. The summed E-state index contributed by atoms with van der Waals surface area (Å²) in [6, 6.07) is 9.59. The normalized spacial score (nSPS) is 20.1. The number of benzene rings is 1. The maximum atomic E-state index is 12.0. The van der Waals surface area contributed by atoms with E-state index in [1.54, 1.807) is 0 Å². The van der Waals surface area contributed by atoms with Gasteiger partial charge in [0.05, 0.1) is 6.54 Å². The fourth-order valence-corrected chi connectivity index (χ4v) is 2.23. The van der Waals surface area contributed by atoms with Crippen molar-refractivity contribution in [3.05, 3.63) is 35.9 Å². The van der Waals surface area contributed by atoms with Crippen molar-refractivity contribution in [2.75, 3.05) is 19.6 Å². The molecular weight excluding hydrogens is 210 g/mol. The molecule has 0 saturated carbocycles. The van der Waals surface area contributed by atoms with Crippen molar-refractivity contribution in [1.82, 2.24) is 4.90 Å². The molecule has 1 saturated heterocycles. The van der Waals surface area contributed by atoms with Crippen LogP contribution in [0.4, 0.5) is 0 Å². The van der Waals surface area contributed by atoms with E-state index < -0.39 is 0 Å². The minimum atomic E-state index is 0.241. The summed E-state index contributed by atoms with van der Waals surface area (Å²) < 4.78 is 0. The average molecular weight is 231 g/mol. The SMILES string of the molecule is CC1(C)CCN(CC(=O)c2ccccc2)CC1. The Bertz CT molecular complexity index is 373. The second-order valence-corrected chi connectivity index (χ2v) is 5.73. The van der Waals surface area contributed by atoms with Gasteiger partial charge in [0.2, 0.25) is 0 Å². The number of piperidine rings is 1. The van der Waals surface area contributed by atoms with Gasteiger partial charge in [-0.2, -0.15) is 0 Å². The molecule has 1 aliphatic heterocycles. The van der Waals surface area contributed by atoms with Gasteiger partial charge in [0.25, 0.3) is 0 Å². The molecule has 1 aliphatic rings. The third-order valence-corrected chi connectivity index (χ3v) is 3.67. The highest BCUT2D eigenvalue weighted by molar-refractivity contribution is 5.97. The van der Waals surface area contributed by atoms with E-state index >= 15 is 0 Å². The molecule has 1 aromatic carbocycles. The lowest BCUT2D eigenvalue weighted by Crippen LogP contribution is -2.40. The smallest absolute Gasteiger partial charge is 0.176 e. The van der Waals surface area contributed by atoms with Crippen molar-refractivity contribution < 1.29 is 4.79 Å². The van der Waals surface area contributed by atoms with Gasteiger partial charge in [0, 0.05) is 5.56 Å². The van der Waals surface area contributed by atoms with Crippen molar-refractivity contribution in [3.63, 3.8) is 0 Å². The number of carbonyl (C=O) groups excluding carboxylic acids is 1. The molecule has 0 amide bonds. The van der Waals surface area contributed by atoms with E-state index in [0.717, 1.165) is 18.7 Å². The average Bonchev–Trinajstić information content (AvgIpc) is 2.33. The number of ketones is 1. The zero-order valence-electron chi connectivity index (χ0n) is 10.8. The largest absolute Gasteiger partial charge is 0.296 e. The molecule has 0 radical (unpaired) electrons. The Morgan fingerprint density at radius 3 is 2.35 bits per heavy atom. The van der Waals surface area contributed by atoms with E-state index in [2.05, 4.69) is 18.7 Å². The van der Waals surface area contributed by atoms with Crippen molar-refractivity contribution in [1.29, 1.82) is 0 Å². The Balaban J connectivity index is 1.89. The van der Waals surface area contributed by atoms with Crippen LogP contribution in [-0.2, 0) is 0 Å². The second-order valence-electron chi connectivity index (χ2n) is 5.73. The summed E-state index contributed by atoms with van der Waals surface area (Å²) in [5.41, 5.74) is 1.28. The highest BCUT2D eigenvalue weighted by atomic mass is 16.1. The van der Waals surface area contributed by atoms with Crippen LogP contribution < -0.4 is 0 Å². The van der Waals surface area contributed by atoms with Gasteiger partial charge in [-0.25, -0.2) is 0 Å². The molecule has 1 aromatic rings. The minimum Gasteiger partial charge on any atom is -0.296 e. The maximum absolute atomic E-state index is 12.0. The van der Waals surface area contributed by atoms with Crippen molar-refractivity contribution in [2.24, 2.45) is 5.41 Å². The van der Waals surface area contributed by atoms with Crippen LogP contribution >= 0.6 is 0 Å². The Morgan fingerprint density at radius 1 is 1.18 bits per heavy atom. The lowest BCUT2D eigenvalue weighted by molar-refractivity contribution is 0.0845. The Morgan fingerprint density at radius 2 is 1.76 bits per heavy atom. The molecule has 0 aromatic heterocycles. The van der Waals surface area contributed by atoms with Crippen LogP contribution in [0.2, 0.25) is 0 Å². The molecule has 2 nitrogen and oxygen atoms in total. The first-order valence-electron chi connectivity index (χ1n) is 6.37. The van der Waals surface area contributed by atoms with Crippen LogP contribution in [0.5, 0.6) is 0 Å². The predicted octanol–water partition coefficient (Wildman–Crippen LogP) is 2.99. The first-order valence-corrected chi connectivity index (χ1v) is 6.37. The number of Topliss-reactive ketones (excluding diaryl/α,β-unsaturated/α-hetero) is 1. The van der Waals surface area contributed by atoms with Gasteiger partial charge in [-0.3, -0.25) is 9.69 Å². The zero-order chi connectivity index (χ0) is 12.3. The molecule has 92 valence electrons. The van der Waals surface area contributed by atoms with Crippen LogP contribution in [0, 0.1) is 5.41 Å². The number of hydrogen-bond acceptors (Lipinski definition) is 2. The molecule has 1 heterocycles. The molecule has 0 aliphatic carbocycles. The molecule has 2 rings (SSSR count). The van der Waals surface area contributed by atoms with Gasteiger partial charge in [-0.1, -0.05) is 44.2 Å². The molecule has 0 bridgehead atoms. The molecule has 2 heteroatoms. The lowest BCUT2D eigenvalue weighted by atomic mass is 9.82. The molecule has 0 atom stereocenters. The molecule has 1 fully saturated rings. The van der Waals surface area contributed by atoms with Crippen LogP contribution in [0.25, 0.3) is 0 Å². The number of carbonyl (C=O) groups is 1. The zero-order valence-corrected chi connectivity index (χ0v) is 10.8. The van der Waals surface area contributed by atoms with E-state index in [1.807, 2.05) is 30.3 Å². The topological polar surface area (TPSA) is 20.3 Å². The second kappa shape index (κ2) is 5.01. The molecular formula is C15H21NO. The van der Waals surface area contributed by atoms with Gasteiger partial charge in [-0.15, -0.1) is 0 Å². The maximum Gasteiger partial charge on any atom is 0.176 e. The Labute approximate surface area is 104 Å². The molecule has 0 N–H and O–H groups in total. The summed E-state index contributed by atoms with van der Waals surface area (Å²) in [6.07, 6.45) is 2.38. The standard InChI is InChI=1S/C15H21NO/c1-15(2)8-10-16(11-9-15)12-14(17)13-6-4-3-5-7-13/h3-7H,8-12H2,1-2H3. The van der Waals surface area contributed by atoms with Gasteiger partial charge in [-0.05, 0) is 31.3 Å².